The van der Waals surface area contributed by atoms with E-state index < -0.39 is 0 Å². The number of benzene rings is 2. The minimum absolute atomic E-state index is 0.0865. The Morgan fingerprint density at radius 1 is 1.05 bits per heavy atom. The summed E-state index contributed by atoms with van der Waals surface area (Å²) in [7, 11) is 0. The summed E-state index contributed by atoms with van der Waals surface area (Å²) in [6.07, 6.45) is 0. The molecule has 4 heteroatoms. The summed E-state index contributed by atoms with van der Waals surface area (Å²) < 4.78 is 0. The van der Waals surface area contributed by atoms with E-state index in [2.05, 4.69) is 10.3 Å². The van der Waals surface area contributed by atoms with E-state index in [1.54, 1.807) is 6.07 Å². The quantitative estimate of drug-likeness (QED) is 0.768. The van der Waals surface area contributed by atoms with Crippen LogP contribution in [0.3, 0.4) is 0 Å². The summed E-state index contributed by atoms with van der Waals surface area (Å²) in [5.41, 5.74) is 2.71. The molecule has 3 aromatic rings. The molecule has 0 amide bonds. The van der Waals surface area contributed by atoms with Gasteiger partial charge in [0.05, 0.1) is 0 Å². The molecule has 0 bridgehead atoms. The number of hydrogen-bond donors (Lipinski definition) is 2. The Bertz CT molecular complexity index is 793. The Hall–Kier alpha value is -2.26. The van der Waals surface area contributed by atoms with E-state index in [1.807, 2.05) is 48.5 Å². The first-order valence-electron chi connectivity index (χ1n) is 6.33. The molecular weight excluding hydrogens is 272 g/mol. The maximum atomic E-state index is 11.7. The third-order valence-electron chi connectivity index (χ3n) is 3.16. The molecule has 0 aliphatic rings. The zero-order chi connectivity index (χ0) is 13.9. The van der Waals surface area contributed by atoms with Gasteiger partial charge in [0.15, 0.2) is 0 Å². The SMILES string of the molecule is O=c1cc(CNc2ccc(Cl)cc2)c2ccccc2[nH]1. The van der Waals surface area contributed by atoms with Crippen molar-refractivity contribution in [3.05, 3.63) is 75.5 Å². The average molecular weight is 285 g/mol. The number of pyridine rings is 1. The average Bonchev–Trinajstić information content (AvgIpc) is 2.46. The van der Waals surface area contributed by atoms with Gasteiger partial charge in [-0.3, -0.25) is 4.79 Å². The summed E-state index contributed by atoms with van der Waals surface area (Å²) in [4.78, 5) is 14.5. The van der Waals surface area contributed by atoms with Gasteiger partial charge in [-0.25, -0.2) is 0 Å². The maximum absolute atomic E-state index is 11.7. The van der Waals surface area contributed by atoms with Crippen LogP contribution in [0.25, 0.3) is 10.9 Å². The number of rotatable bonds is 3. The highest BCUT2D eigenvalue weighted by Gasteiger charge is 2.03. The van der Waals surface area contributed by atoms with Crippen molar-refractivity contribution < 1.29 is 0 Å². The van der Waals surface area contributed by atoms with E-state index >= 15 is 0 Å². The second kappa shape index (κ2) is 5.39. The number of anilines is 1. The zero-order valence-corrected chi connectivity index (χ0v) is 11.4. The van der Waals surface area contributed by atoms with E-state index in [-0.39, 0.29) is 5.56 Å². The lowest BCUT2D eigenvalue weighted by Crippen LogP contribution is -2.09. The highest BCUT2D eigenvalue weighted by Crippen LogP contribution is 2.17. The van der Waals surface area contributed by atoms with Crippen LogP contribution in [0.4, 0.5) is 5.69 Å². The predicted molar refractivity (Wildman–Crippen MR) is 83.3 cm³/mol. The van der Waals surface area contributed by atoms with E-state index in [9.17, 15) is 4.79 Å². The lowest BCUT2D eigenvalue weighted by atomic mass is 10.1. The second-order valence-corrected chi connectivity index (χ2v) is 5.00. The van der Waals surface area contributed by atoms with Crippen LogP contribution in [0.2, 0.25) is 5.02 Å². The largest absolute Gasteiger partial charge is 0.381 e. The van der Waals surface area contributed by atoms with E-state index in [0.29, 0.717) is 11.6 Å². The molecule has 0 radical (unpaired) electrons. The molecule has 0 saturated heterocycles. The Balaban J connectivity index is 1.90. The van der Waals surface area contributed by atoms with Gasteiger partial charge >= 0.3 is 0 Å². The molecule has 0 fully saturated rings. The van der Waals surface area contributed by atoms with Gasteiger partial charge in [-0.15, -0.1) is 0 Å². The van der Waals surface area contributed by atoms with Crippen molar-refractivity contribution in [2.75, 3.05) is 5.32 Å². The van der Waals surface area contributed by atoms with E-state index in [4.69, 9.17) is 11.6 Å². The van der Waals surface area contributed by atoms with Crippen molar-refractivity contribution >= 4 is 28.2 Å². The monoisotopic (exact) mass is 284 g/mol. The fraction of sp³-hybridized carbons (Fsp3) is 0.0625. The van der Waals surface area contributed by atoms with Crippen LogP contribution in [0, 0.1) is 0 Å². The number of halogens is 1. The van der Waals surface area contributed by atoms with Gasteiger partial charge in [0.25, 0.3) is 0 Å². The van der Waals surface area contributed by atoms with Gasteiger partial charge < -0.3 is 10.3 Å². The second-order valence-electron chi connectivity index (χ2n) is 4.56. The number of para-hydroxylation sites is 1. The summed E-state index contributed by atoms with van der Waals surface area (Å²) in [5.74, 6) is 0. The molecule has 0 aliphatic carbocycles. The summed E-state index contributed by atoms with van der Waals surface area (Å²) in [6.45, 7) is 0.589. The van der Waals surface area contributed by atoms with Gasteiger partial charge in [-0.1, -0.05) is 29.8 Å². The highest BCUT2D eigenvalue weighted by atomic mass is 35.5. The van der Waals surface area contributed by atoms with Crippen molar-refractivity contribution in [2.45, 2.75) is 6.54 Å². The molecule has 20 heavy (non-hydrogen) atoms. The molecule has 2 aromatic carbocycles. The van der Waals surface area contributed by atoms with Gasteiger partial charge in [-0.05, 0) is 35.9 Å². The van der Waals surface area contributed by atoms with Crippen LogP contribution in [0.5, 0.6) is 0 Å². The van der Waals surface area contributed by atoms with E-state index in [1.165, 1.54) is 0 Å². The fourth-order valence-electron chi connectivity index (χ4n) is 2.19. The highest BCUT2D eigenvalue weighted by molar-refractivity contribution is 6.30. The van der Waals surface area contributed by atoms with Gasteiger partial charge in [0, 0.05) is 34.2 Å². The first kappa shape index (κ1) is 12.8. The first-order valence-corrected chi connectivity index (χ1v) is 6.70. The summed E-state index contributed by atoms with van der Waals surface area (Å²) in [5, 5.41) is 5.05. The molecular formula is C16H13ClN2O. The standard InChI is InChI=1S/C16H13ClN2O/c17-12-5-7-13(8-6-12)18-10-11-9-16(20)19-15-4-2-1-3-14(11)15/h1-9,18H,10H2,(H,19,20). The zero-order valence-electron chi connectivity index (χ0n) is 10.7. The third kappa shape index (κ3) is 2.68. The fourth-order valence-corrected chi connectivity index (χ4v) is 2.31. The van der Waals surface area contributed by atoms with Crippen LogP contribution in [0.1, 0.15) is 5.56 Å². The van der Waals surface area contributed by atoms with Crippen molar-refractivity contribution in [2.24, 2.45) is 0 Å². The lowest BCUT2D eigenvalue weighted by Gasteiger charge is -2.09. The lowest BCUT2D eigenvalue weighted by molar-refractivity contribution is 1.14. The smallest absolute Gasteiger partial charge is 0.248 e. The Kier molecular flexibility index (Phi) is 3.44. The molecule has 1 aromatic heterocycles. The topological polar surface area (TPSA) is 44.9 Å². The molecule has 0 saturated carbocycles. The molecule has 0 atom stereocenters. The number of aromatic nitrogens is 1. The molecule has 3 nitrogen and oxygen atoms in total. The van der Waals surface area contributed by atoms with E-state index in [0.717, 1.165) is 22.2 Å². The van der Waals surface area contributed by atoms with Crippen molar-refractivity contribution in [3.63, 3.8) is 0 Å². The van der Waals surface area contributed by atoms with Crippen LogP contribution in [0.15, 0.2) is 59.4 Å². The van der Waals surface area contributed by atoms with Gasteiger partial charge in [-0.2, -0.15) is 0 Å². The first-order chi connectivity index (χ1) is 9.72. The number of nitrogens with one attached hydrogen (secondary N) is 2. The van der Waals surface area contributed by atoms with Crippen molar-refractivity contribution in [1.29, 1.82) is 0 Å². The molecule has 100 valence electrons. The molecule has 3 rings (SSSR count). The van der Waals surface area contributed by atoms with Crippen LogP contribution in [-0.2, 0) is 6.54 Å². The molecule has 0 aliphatic heterocycles. The third-order valence-corrected chi connectivity index (χ3v) is 3.42. The Morgan fingerprint density at radius 2 is 1.80 bits per heavy atom. The van der Waals surface area contributed by atoms with Gasteiger partial charge in [0.2, 0.25) is 5.56 Å². The molecule has 1 heterocycles. The maximum Gasteiger partial charge on any atom is 0.248 e. The van der Waals surface area contributed by atoms with Crippen LogP contribution in [-0.4, -0.2) is 4.98 Å². The minimum Gasteiger partial charge on any atom is -0.381 e. The molecule has 0 spiro atoms. The van der Waals surface area contributed by atoms with Gasteiger partial charge in [0.1, 0.15) is 0 Å². The summed E-state index contributed by atoms with van der Waals surface area (Å²) in [6, 6.07) is 16.9. The van der Waals surface area contributed by atoms with Crippen molar-refractivity contribution in [3.8, 4) is 0 Å². The minimum atomic E-state index is -0.0865. The molecule has 2 N–H and O–H groups in total. The molecule has 0 unspecified atom stereocenters. The Morgan fingerprint density at radius 3 is 2.60 bits per heavy atom. The Labute approximate surface area is 121 Å². The van der Waals surface area contributed by atoms with Crippen LogP contribution < -0.4 is 10.9 Å². The number of hydrogen-bond acceptors (Lipinski definition) is 2. The summed E-state index contributed by atoms with van der Waals surface area (Å²) >= 11 is 5.85. The predicted octanol–water partition coefficient (Wildman–Crippen LogP) is 3.79. The number of fused-ring (bicyclic) bond motifs is 1. The number of H-pyrrole nitrogens is 1. The van der Waals surface area contributed by atoms with Crippen molar-refractivity contribution in [1.82, 2.24) is 4.98 Å². The number of aromatic amines is 1. The van der Waals surface area contributed by atoms with Crippen LogP contribution >= 0.6 is 11.6 Å². The normalized spacial score (nSPS) is 10.7.